The minimum absolute atomic E-state index is 0.569. The SMILES string of the molecule is NC(=NCCC1CC1)Nc1cccc2c1CCCC2. The third kappa shape index (κ3) is 3.28. The van der Waals surface area contributed by atoms with Crippen molar-refractivity contribution in [1.82, 2.24) is 0 Å². The third-order valence-electron chi connectivity index (χ3n) is 4.18. The highest BCUT2D eigenvalue weighted by Gasteiger charge is 2.20. The van der Waals surface area contributed by atoms with Crippen molar-refractivity contribution in [3.8, 4) is 0 Å². The lowest BCUT2D eigenvalue weighted by atomic mass is 9.90. The summed E-state index contributed by atoms with van der Waals surface area (Å²) in [6.07, 6.45) is 8.91. The van der Waals surface area contributed by atoms with E-state index in [1.807, 2.05) is 0 Å². The molecule has 3 rings (SSSR count). The Morgan fingerprint density at radius 1 is 1.26 bits per heavy atom. The number of benzene rings is 1. The summed E-state index contributed by atoms with van der Waals surface area (Å²) in [5.41, 5.74) is 10.1. The lowest BCUT2D eigenvalue weighted by Gasteiger charge is -2.19. The number of nitrogens with zero attached hydrogens (tertiary/aromatic N) is 1. The lowest BCUT2D eigenvalue weighted by Crippen LogP contribution is -2.24. The van der Waals surface area contributed by atoms with E-state index in [9.17, 15) is 0 Å². The van der Waals surface area contributed by atoms with Gasteiger partial charge in [0.1, 0.15) is 0 Å². The molecule has 102 valence electrons. The molecule has 3 nitrogen and oxygen atoms in total. The number of aliphatic imine (C=N–C) groups is 1. The van der Waals surface area contributed by atoms with E-state index >= 15 is 0 Å². The second kappa shape index (κ2) is 5.64. The molecule has 1 aromatic carbocycles. The normalized spacial score (nSPS) is 19.1. The van der Waals surface area contributed by atoms with Crippen molar-refractivity contribution in [3.63, 3.8) is 0 Å². The van der Waals surface area contributed by atoms with Crippen LogP contribution in [0.25, 0.3) is 0 Å². The lowest BCUT2D eigenvalue weighted by molar-refractivity contribution is 0.687. The summed E-state index contributed by atoms with van der Waals surface area (Å²) < 4.78 is 0. The van der Waals surface area contributed by atoms with Gasteiger partial charge in [-0.1, -0.05) is 25.0 Å². The zero-order chi connectivity index (χ0) is 13.1. The van der Waals surface area contributed by atoms with Gasteiger partial charge in [-0.2, -0.15) is 0 Å². The van der Waals surface area contributed by atoms with E-state index in [4.69, 9.17) is 5.73 Å². The maximum Gasteiger partial charge on any atom is 0.193 e. The van der Waals surface area contributed by atoms with Gasteiger partial charge >= 0.3 is 0 Å². The summed E-state index contributed by atoms with van der Waals surface area (Å²) in [4.78, 5) is 4.43. The van der Waals surface area contributed by atoms with Gasteiger partial charge in [0.15, 0.2) is 5.96 Å². The van der Waals surface area contributed by atoms with Crippen molar-refractivity contribution < 1.29 is 0 Å². The van der Waals surface area contributed by atoms with Crippen LogP contribution in [0.2, 0.25) is 0 Å². The molecule has 1 fully saturated rings. The molecule has 0 amide bonds. The van der Waals surface area contributed by atoms with Crippen molar-refractivity contribution in [2.24, 2.45) is 16.6 Å². The van der Waals surface area contributed by atoms with Crippen LogP contribution in [0, 0.1) is 5.92 Å². The molecule has 0 unspecified atom stereocenters. The van der Waals surface area contributed by atoms with Gasteiger partial charge in [0.05, 0.1) is 0 Å². The minimum atomic E-state index is 0.569. The Bertz CT molecular complexity index is 475. The summed E-state index contributed by atoms with van der Waals surface area (Å²) in [7, 11) is 0. The van der Waals surface area contributed by atoms with Gasteiger partial charge in [-0.05, 0) is 55.2 Å². The molecule has 0 saturated heterocycles. The molecule has 19 heavy (non-hydrogen) atoms. The second-order valence-corrected chi connectivity index (χ2v) is 5.77. The molecule has 0 radical (unpaired) electrons. The fraction of sp³-hybridized carbons (Fsp3) is 0.562. The van der Waals surface area contributed by atoms with Crippen LogP contribution >= 0.6 is 0 Å². The maximum absolute atomic E-state index is 5.98. The van der Waals surface area contributed by atoms with E-state index in [-0.39, 0.29) is 0 Å². The third-order valence-corrected chi connectivity index (χ3v) is 4.18. The van der Waals surface area contributed by atoms with Crippen LogP contribution in [-0.4, -0.2) is 12.5 Å². The van der Waals surface area contributed by atoms with Crippen LogP contribution in [0.4, 0.5) is 5.69 Å². The number of anilines is 1. The van der Waals surface area contributed by atoms with E-state index < -0.39 is 0 Å². The highest BCUT2D eigenvalue weighted by molar-refractivity contribution is 5.93. The Balaban J connectivity index is 1.64. The average Bonchev–Trinajstić information content (AvgIpc) is 3.23. The molecule has 0 aromatic heterocycles. The van der Waals surface area contributed by atoms with Crippen molar-refractivity contribution in [2.75, 3.05) is 11.9 Å². The number of aryl methyl sites for hydroxylation is 1. The Hall–Kier alpha value is -1.51. The largest absolute Gasteiger partial charge is 0.370 e. The Morgan fingerprint density at radius 3 is 2.95 bits per heavy atom. The number of nitrogens with one attached hydrogen (secondary N) is 1. The Labute approximate surface area is 115 Å². The molecule has 3 N–H and O–H groups in total. The summed E-state index contributed by atoms with van der Waals surface area (Å²) in [6.45, 7) is 0.860. The van der Waals surface area contributed by atoms with Gasteiger partial charge in [-0.15, -0.1) is 0 Å². The summed E-state index contributed by atoms with van der Waals surface area (Å²) in [5, 5.41) is 3.29. The van der Waals surface area contributed by atoms with Gasteiger partial charge in [0.2, 0.25) is 0 Å². The number of hydrogen-bond acceptors (Lipinski definition) is 1. The van der Waals surface area contributed by atoms with Crippen LogP contribution < -0.4 is 11.1 Å². The van der Waals surface area contributed by atoms with Crippen LogP contribution in [0.3, 0.4) is 0 Å². The molecule has 1 saturated carbocycles. The molecular formula is C16H23N3. The average molecular weight is 257 g/mol. The van der Waals surface area contributed by atoms with E-state index in [0.717, 1.165) is 24.6 Å². The predicted molar refractivity (Wildman–Crippen MR) is 80.5 cm³/mol. The van der Waals surface area contributed by atoms with E-state index in [2.05, 4.69) is 28.5 Å². The zero-order valence-electron chi connectivity index (χ0n) is 11.5. The molecule has 2 aliphatic rings. The van der Waals surface area contributed by atoms with Crippen LogP contribution in [0.1, 0.15) is 43.2 Å². The molecule has 1 aromatic rings. The monoisotopic (exact) mass is 257 g/mol. The smallest absolute Gasteiger partial charge is 0.193 e. The standard InChI is InChI=1S/C16H23N3/c17-16(18-11-10-12-8-9-12)19-15-7-3-5-13-4-1-2-6-14(13)15/h3,5,7,12H,1-2,4,6,8-11H2,(H3,17,18,19). The number of guanidine groups is 1. The molecule has 0 bridgehead atoms. The first-order chi connectivity index (χ1) is 9.33. The van der Waals surface area contributed by atoms with Crippen LogP contribution in [0.5, 0.6) is 0 Å². The molecule has 0 heterocycles. The molecule has 0 aliphatic heterocycles. The van der Waals surface area contributed by atoms with Gasteiger partial charge in [0.25, 0.3) is 0 Å². The Morgan fingerprint density at radius 2 is 2.11 bits per heavy atom. The van der Waals surface area contributed by atoms with Crippen molar-refractivity contribution in [1.29, 1.82) is 0 Å². The molecule has 3 heteroatoms. The van der Waals surface area contributed by atoms with Crippen molar-refractivity contribution in [3.05, 3.63) is 29.3 Å². The first kappa shape index (κ1) is 12.5. The Kier molecular flexibility index (Phi) is 3.72. The molecule has 0 spiro atoms. The number of rotatable bonds is 4. The van der Waals surface area contributed by atoms with Crippen molar-refractivity contribution in [2.45, 2.75) is 44.9 Å². The van der Waals surface area contributed by atoms with Crippen molar-refractivity contribution >= 4 is 11.6 Å². The fourth-order valence-electron chi connectivity index (χ4n) is 2.85. The summed E-state index contributed by atoms with van der Waals surface area (Å²) in [5.74, 6) is 1.49. The fourth-order valence-corrected chi connectivity index (χ4v) is 2.85. The van der Waals surface area contributed by atoms with E-state index in [1.165, 1.54) is 49.7 Å². The van der Waals surface area contributed by atoms with Crippen LogP contribution in [0.15, 0.2) is 23.2 Å². The first-order valence-corrected chi connectivity index (χ1v) is 7.50. The number of hydrogen-bond donors (Lipinski definition) is 2. The quantitative estimate of drug-likeness (QED) is 0.643. The highest BCUT2D eigenvalue weighted by atomic mass is 15.1. The number of nitrogens with two attached hydrogens (primary N) is 1. The van der Waals surface area contributed by atoms with Gasteiger partial charge in [-0.3, -0.25) is 4.99 Å². The van der Waals surface area contributed by atoms with Gasteiger partial charge in [-0.25, -0.2) is 0 Å². The summed E-state index contributed by atoms with van der Waals surface area (Å²) >= 11 is 0. The molecule has 2 aliphatic carbocycles. The summed E-state index contributed by atoms with van der Waals surface area (Å²) in [6, 6.07) is 6.47. The molecular weight excluding hydrogens is 234 g/mol. The predicted octanol–water partition coefficient (Wildman–Crippen LogP) is 3.09. The maximum atomic E-state index is 5.98. The van der Waals surface area contributed by atoms with Crippen LogP contribution in [-0.2, 0) is 12.8 Å². The second-order valence-electron chi connectivity index (χ2n) is 5.77. The minimum Gasteiger partial charge on any atom is -0.370 e. The van der Waals surface area contributed by atoms with Gasteiger partial charge in [0, 0.05) is 12.2 Å². The van der Waals surface area contributed by atoms with E-state index in [0.29, 0.717) is 5.96 Å². The highest BCUT2D eigenvalue weighted by Crippen LogP contribution is 2.32. The van der Waals surface area contributed by atoms with Gasteiger partial charge < -0.3 is 11.1 Å². The molecule has 0 atom stereocenters. The topological polar surface area (TPSA) is 50.4 Å². The zero-order valence-corrected chi connectivity index (χ0v) is 11.5. The number of fused-ring (bicyclic) bond motifs is 1. The van der Waals surface area contributed by atoms with E-state index in [1.54, 1.807) is 0 Å². The first-order valence-electron chi connectivity index (χ1n) is 7.50.